The largest absolute Gasteiger partial charge is 0.490 e. The summed E-state index contributed by atoms with van der Waals surface area (Å²) in [5, 5.41) is 4.66. The fourth-order valence-electron chi connectivity index (χ4n) is 3.78. The maximum absolute atomic E-state index is 13.2. The molecule has 4 rings (SSSR count). The molecule has 0 bridgehead atoms. The van der Waals surface area contributed by atoms with Crippen LogP contribution in [0, 0.1) is 11.7 Å². The van der Waals surface area contributed by atoms with E-state index in [1.165, 1.54) is 35.4 Å². The number of anilines is 1. The van der Waals surface area contributed by atoms with Gasteiger partial charge in [0.2, 0.25) is 11.8 Å². The molecule has 2 amide bonds. The van der Waals surface area contributed by atoms with Crippen molar-refractivity contribution in [3.8, 4) is 11.5 Å². The Labute approximate surface area is 213 Å². The molecule has 3 aromatic carbocycles. The first-order valence-electron chi connectivity index (χ1n) is 11.5. The normalized spacial score (nSPS) is 15.4. The zero-order valence-electron chi connectivity index (χ0n) is 19.6. The van der Waals surface area contributed by atoms with Gasteiger partial charge in [-0.1, -0.05) is 29.8 Å². The van der Waals surface area contributed by atoms with Crippen molar-refractivity contribution >= 4 is 35.3 Å². The van der Waals surface area contributed by atoms with E-state index in [4.69, 9.17) is 21.1 Å². The minimum Gasteiger partial charge on any atom is -0.490 e. The lowest BCUT2D eigenvalue weighted by Crippen LogP contribution is -2.30. The van der Waals surface area contributed by atoms with E-state index < -0.39 is 5.92 Å². The summed E-state index contributed by atoms with van der Waals surface area (Å²) in [5.74, 6) is -0.408. The maximum atomic E-state index is 13.2. The number of hydrogen-bond donors (Lipinski definition) is 1. The molecular weight excluding hydrogens is 485 g/mol. The number of nitrogens with zero attached hydrogens (tertiary/aromatic N) is 2. The van der Waals surface area contributed by atoms with Gasteiger partial charge in [0.05, 0.1) is 18.7 Å². The highest BCUT2D eigenvalue weighted by atomic mass is 35.5. The third-order valence-electron chi connectivity index (χ3n) is 5.63. The minimum absolute atomic E-state index is 0.0602. The van der Waals surface area contributed by atoms with Crippen molar-refractivity contribution in [2.75, 3.05) is 18.1 Å². The second-order valence-corrected chi connectivity index (χ2v) is 8.54. The Kier molecular flexibility index (Phi) is 8.17. The molecule has 186 valence electrons. The molecule has 0 aliphatic carbocycles. The van der Waals surface area contributed by atoms with Gasteiger partial charge in [-0.25, -0.2) is 9.82 Å². The molecule has 0 aromatic heterocycles. The molecule has 1 heterocycles. The van der Waals surface area contributed by atoms with E-state index in [0.717, 1.165) is 5.56 Å². The number of hydrazone groups is 1. The fourth-order valence-corrected chi connectivity index (χ4v) is 3.97. The highest BCUT2D eigenvalue weighted by Gasteiger charge is 2.35. The molecular formula is C27H25ClFN3O4. The summed E-state index contributed by atoms with van der Waals surface area (Å²) in [6, 6.07) is 18.4. The molecule has 1 aliphatic rings. The Morgan fingerprint density at radius 3 is 2.67 bits per heavy atom. The number of carbonyl (C=O) groups excluding carboxylic acids is 2. The molecule has 3 aromatic rings. The van der Waals surface area contributed by atoms with Crippen LogP contribution in [-0.2, 0) is 16.2 Å². The van der Waals surface area contributed by atoms with Crippen LogP contribution in [0.4, 0.5) is 10.1 Å². The van der Waals surface area contributed by atoms with Gasteiger partial charge in [-0.15, -0.1) is 0 Å². The van der Waals surface area contributed by atoms with E-state index in [1.54, 1.807) is 24.3 Å². The van der Waals surface area contributed by atoms with Crippen molar-refractivity contribution in [1.29, 1.82) is 0 Å². The Morgan fingerprint density at radius 2 is 1.92 bits per heavy atom. The topological polar surface area (TPSA) is 80.2 Å². The molecule has 0 unspecified atom stereocenters. The van der Waals surface area contributed by atoms with Crippen molar-refractivity contribution in [2.45, 2.75) is 20.0 Å². The van der Waals surface area contributed by atoms with E-state index in [1.807, 2.05) is 25.1 Å². The van der Waals surface area contributed by atoms with Gasteiger partial charge in [0.15, 0.2) is 11.5 Å². The third-order valence-corrected chi connectivity index (χ3v) is 6.00. The van der Waals surface area contributed by atoms with Crippen LogP contribution in [0.1, 0.15) is 24.5 Å². The molecule has 0 radical (unpaired) electrons. The Bertz CT molecular complexity index is 1270. The number of rotatable bonds is 9. The zero-order chi connectivity index (χ0) is 25.5. The molecule has 1 N–H and O–H groups in total. The van der Waals surface area contributed by atoms with Gasteiger partial charge in [-0.05, 0) is 61.0 Å². The number of halogens is 2. The van der Waals surface area contributed by atoms with Gasteiger partial charge in [0.1, 0.15) is 12.4 Å². The lowest BCUT2D eigenvalue weighted by Gasteiger charge is -2.16. The smallest absolute Gasteiger partial charge is 0.245 e. The van der Waals surface area contributed by atoms with Gasteiger partial charge in [-0.3, -0.25) is 9.59 Å². The minimum atomic E-state index is -0.556. The van der Waals surface area contributed by atoms with E-state index in [-0.39, 0.29) is 37.2 Å². The molecule has 1 saturated heterocycles. The summed E-state index contributed by atoms with van der Waals surface area (Å²) < 4.78 is 24.8. The van der Waals surface area contributed by atoms with Crippen LogP contribution in [0.5, 0.6) is 11.5 Å². The predicted octanol–water partition coefficient (Wildman–Crippen LogP) is 4.96. The summed E-state index contributed by atoms with van der Waals surface area (Å²) in [4.78, 5) is 26.4. The molecule has 1 atom stereocenters. The maximum Gasteiger partial charge on any atom is 0.245 e. The molecule has 7 nitrogen and oxygen atoms in total. The van der Waals surface area contributed by atoms with Crippen LogP contribution in [0.2, 0.25) is 5.02 Å². The average Bonchev–Trinajstić information content (AvgIpc) is 3.26. The summed E-state index contributed by atoms with van der Waals surface area (Å²) >= 11 is 6.20. The van der Waals surface area contributed by atoms with Crippen LogP contribution in [0.25, 0.3) is 0 Å². The van der Waals surface area contributed by atoms with E-state index in [2.05, 4.69) is 10.5 Å². The van der Waals surface area contributed by atoms with Crippen LogP contribution < -0.4 is 19.8 Å². The number of benzene rings is 3. The SMILES string of the molecule is CCOc1cc(/C=N\NC(=O)[C@@H]2CC(=O)N(c3ccc(F)cc3)C2)ccc1OCc1ccccc1Cl. The second kappa shape index (κ2) is 11.7. The third kappa shape index (κ3) is 6.20. The van der Waals surface area contributed by atoms with Crippen LogP contribution in [0.3, 0.4) is 0 Å². The Balaban J connectivity index is 1.36. The van der Waals surface area contributed by atoms with Crippen LogP contribution in [-0.4, -0.2) is 31.2 Å². The van der Waals surface area contributed by atoms with Gasteiger partial charge in [0.25, 0.3) is 0 Å². The van der Waals surface area contributed by atoms with Gasteiger partial charge >= 0.3 is 0 Å². The predicted molar refractivity (Wildman–Crippen MR) is 136 cm³/mol. The number of amides is 2. The summed E-state index contributed by atoms with van der Waals surface area (Å²) in [6.07, 6.45) is 1.55. The lowest BCUT2D eigenvalue weighted by molar-refractivity contribution is -0.126. The van der Waals surface area contributed by atoms with E-state index >= 15 is 0 Å². The fraction of sp³-hybridized carbons (Fsp3) is 0.222. The first-order chi connectivity index (χ1) is 17.4. The lowest BCUT2D eigenvalue weighted by atomic mass is 10.1. The molecule has 9 heteroatoms. The van der Waals surface area contributed by atoms with E-state index in [0.29, 0.717) is 34.4 Å². The first-order valence-corrected chi connectivity index (χ1v) is 11.8. The summed E-state index contributed by atoms with van der Waals surface area (Å²) in [5.41, 5.74) is 4.61. The molecule has 36 heavy (non-hydrogen) atoms. The summed E-state index contributed by atoms with van der Waals surface area (Å²) in [7, 11) is 0. The molecule has 0 saturated carbocycles. The Morgan fingerprint density at radius 1 is 1.14 bits per heavy atom. The standard InChI is InChI=1S/C27H25ClFN3O4/c1-2-35-25-13-18(7-12-24(25)36-17-19-5-3-4-6-23(19)28)15-30-31-27(34)20-14-26(33)32(16-20)22-10-8-21(29)9-11-22/h3-13,15,20H,2,14,16-17H2,1H3,(H,31,34)/b30-15-/t20-/m1/s1. The van der Waals surface area contributed by atoms with Crippen molar-refractivity contribution in [3.05, 3.63) is 88.7 Å². The van der Waals surface area contributed by atoms with Crippen molar-refractivity contribution in [1.82, 2.24) is 5.43 Å². The molecule has 1 fully saturated rings. The first kappa shape index (κ1) is 25.2. The van der Waals surface area contributed by atoms with Crippen LogP contribution >= 0.6 is 11.6 Å². The van der Waals surface area contributed by atoms with Crippen molar-refractivity contribution < 1.29 is 23.5 Å². The Hall–Kier alpha value is -3.91. The molecule has 0 spiro atoms. The number of ether oxygens (including phenoxy) is 2. The van der Waals surface area contributed by atoms with Gasteiger partial charge in [-0.2, -0.15) is 5.10 Å². The van der Waals surface area contributed by atoms with Crippen LogP contribution in [0.15, 0.2) is 71.8 Å². The highest BCUT2D eigenvalue weighted by molar-refractivity contribution is 6.31. The van der Waals surface area contributed by atoms with Gasteiger partial charge in [0, 0.05) is 29.2 Å². The van der Waals surface area contributed by atoms with E-state index in [9.17, 15) is 14.0 Å². The quantitative estimate of drug-likeness (QED) is 0.326. The monoisotopic (exact) mass is 509 g/mol. The number of nitrogens with one attached hydrogen (secondary N) is 1. The van der Waals surface area contributed by atoms with Gasteiger partial charge < -0.3 is 14.4 Å². The molecule has 1 aliphatic heterocycles. The summed E-state index contributed by atoms with van der Waals surface area (Å²) in [6.45, 7) is 2.81. The van der Waals surface area contributed by atoms with Crippen molar-refractivity contribution in [3.63, 3.8) is 0 Å². The highest BCUT2D eigenvalue weighted by Crippen LogP contribution is 2.30. The average molecular weight is 510 g/mol. The number of hydrogen-bond acceptors (Lipinski definition) is 5. The van der Waals surface area contributed by atoms with Crippen molar-refractivity contribution in [2.24, 2.45) is 11.0 Å². The number of carbonyl (C=O) groups is 2. The zero-order valence-corrected chi connectivity index (χ0v) is 20.4. The second-order valence-electron chi connectivity index (χ2n) is 8.14.